The molecular formula is C21H27BrN5O3S+. The molecule has 0 aromatic carbocycles. The van der Waals surface area contributed by atoms with Crippen LogP contribution in [0.3, 0.4) is 0 Å². The van der Waals surface area contributed by atoms with Gasteiger partial charge < -0.3 is 14.8 Å². The zero-order chi connectivity index (χ0) is 21.8. The second-order valence-electron chi connectivity index (χ2n) is 8.12. The van der Waals surface area contributed by atoms with Crippen LogP contribution in [0.15, 0.2) is 26.7 Å². The van der Waals surface area contributed by atoms with Gasteiger partial charge in [0.25, 0.3) is 0 Å². The largest absolute Gasteiger partial charge is 0.488 e. The number of amidine groups is 1. The third-order valence-corrected chi connectivity index (χ3v) is 7.79. The number of amides is 1. The SMILES string of the molecule is NC1=[N+]=CC(CN2CCC(C(=O)N3CCC(Oc4c(Br)csc4/C=N/O)CC3)CC2)=C1. The molecule has 0 bridgehead atoms. The summed E-state index contributed by atoms with van der Waals surface area (Å²) in [5.41, 5.74) is 6.83. The van der Waals surface area contributed by atoms with Gasteiger partial charge in [0.2, 0.25) is 5.91 Å². The van der Waals surface area contributed by atoms with E-state index in [1.807, 2.05) is 22.6 Å². The van der Waals surface area contributed by atoms with Gasteiger partial charge in [-0.15, -0.1) is 11.3 Å². The number of rotatable bonds is 6. The lowest BCUT2D eigenvalue weighted by Gasteiger charge is -2.37. The van der Waals surface area contributed by atoms with Crippen molar-refractivity contribution in [1.82, 2.24) is 14.5 Å². The van der Waals surface area contributed by atoms with E-state index in [0.29, 0.717) is 24.7 Å². The molecule has 4 rings (SSSR count). The summed E-state index contributed by atoms with van der Waals surface area (Å²) in [6, 6.07) is 0. The Hall–Kier alpha value is -2.13. The summed E-state index contributed by atoms with van der Waals surface area (Å²) in [7, 11) is 0. The molecule has 1 aromatic heterocycles. The molecular weight excluding hydrogens is 482 g/mol. The lowest BCUT2D eigenvalue weighted by Crippen LogP contribution is -2.47. The van der Waals surface area contributed by atoms with Crippen molar-refractivity contribution in [2.75, 3.05) is 32.7 Å². The predicted molar refractivity (Wildman–Crippen MR) is 126 cm³/mol. The molecule has 8 nitrogen and oxygen atoms in total. The van der Waals surface area contributed by atoms with Gasteiger partial charge in [0.1, 0.15) is 6.10 Å². The fourth-order valence-corrected chi connectivity index (χ4v) is 5.75. The Morgan fingerprint density at radius 2 is 2.06 bits per heavy atom. The standard InChI is InChI=1S/C21H26BrN5O3S/c22-17-13-31-18(11-25-29)20(17)30-16-3-7-27(8-4-16)21(28)15-1-5-26(6-2-15)12-14-9-19(23)24-10-14/h9-11,13,15-16,23,29H,1-8,12H2/p+1/b25-11+. The summed E-state index contributed by atoms with van der Waals surface area (Å²) in [5.74, 6) is 1.66. The number of halogens is 1. The molecule has 31 heavy (non-hydrogen) atoms. The average molecular weight is 509 g/mol. The highest BCUT2D eigenvalue weighted by atomic mass is 79.9. The molecule has 1 aromatic rings. The third kappa shape index (κ3) is 5.38. The highest BCUT2D eigenvalue weighted by Gasteiger charge is 2.32. The number of piperidine rings is 2. The first kappa shape index (κ1) is 22.1. The number of nitrogens with zero attached hydrogens (tertiary/aromatic N) is 4. The molecule has 3 N–H and O–H groups in total. The van der Waals surface area contributed by atoms with Crippen molar-refractivity contribution in [2.24, 2.45) is 16.8 Å². The van der Waals surface area contributed by atoms with Crippen molar-refractivity contribution in [3.05, 3.63) is 26.4 Å². The second-order valence-corrected chi connectivity index (χ2v) is 9.88. The number of hydrogen-bond acceptors (Lipinski definition) is 7. The smallest absolute Gasteiger partial charge is 0.366 e. The molecule has 4 heterocycles. The topological polar surface area (TPSA) is 105 Å². The summed E-state index contributed by atoms with van der Waals surface area (Å²) in [6.07, 6.45) is 8.56. The lowest BCUT2D eigenvalue weighted by molar-refractivity contribution is -0.138. The van der Waals surface area contributed by atoms with E-state index < -0.39 is 0 Å². The third-order valence-electron chi connectivity index (χ3n) is 6.00. The van der Waals surface area contributed by atoms with Crippen molar-refractivity contribution in [3.8, 4) is 5.75 Å². The first-order valence-electron chi connectivity index (χ1n) is 10.5. The Morgan fingerprint density at radius 3 is 2.71 bits per heavy atom. The van der Waals surface area contributed by atoms with Gasteiger partial charge in [-0.05, 0) is 41.9 Å². The molecule has 0 atom stereocenters. The number of carbonyl (C=O) groups excluding carboxylic acids is 1. The molecule has 2 fully saturated rings. The van der Waals surface area contributed by atoms with Gasteiger partial charge >= 0.3 is 5.84 Å². The minimum atomic E-state index is 0.0493. The van der Waals surface area contributed by atoms with Gasteiger partial charge in [-0.2, -0.15) is 0 Å². The van der Waals surface area contributed by atoms with Gasteiger partial charge in [0.15, 0.2) is 12.0 Å². The molecule has 3 aliphatic rings. The molecule has 0 unspecified atom stereocenters. The van der Waals surface area contributed by atoms with Gasteiger partial charge in [-0.25, -0.2) is 4.67 Å². The van der Waals surface area contributed by atoms with Crippen LogP contribution in [-0.2, 0) is 4.79 Å². The van der Waals surface area contributed by atoms with Gasteiger partial charge in [0, 0.05) is 49.3 Å². The van der Waals surface area contributed by atoms with E-state index in [1.165, 1.54) is 17.6 Å². The summed E-state index contributed by atoms with van der Waals surface area (Å²) < 4.78 is 11.1. The fraction of sp³-hybridized carbons (Fsp3) is 0.524. The van der Waals surface area contributed by atoms with E-state index in [4.69, 9.17) is 15.7 Å². The van der Waals surface area contributed by atoms with Crippen LogP contribution in [0, 0.1) is 5.92 Å². The van der Waals surface area contributed by atoms with Crippen LogP contribution in [0.4, 0.5) is 0 Å². The van der Waals surface area contributed by atoms with E-state index in [9.17, 15) is 4.79 Å². The number of carbonyl (C=O) groups is 1. The Bertz CT molecular complexity index is 937. The molecule has 2 saturated heterocycles. The maximum atomic E-state index is 13.0. The monoisotopic (exact) mass is 508 g/mol. The Kier molecular flexibility index (Phi) is 7.12. The molecule has 0 spiro atoms. The number of oxime groups is 1. The first-order chi connectivity index (χ1) is 15.0. The van der Waals surface area contributed by atoms with Crippen LogP contribution in [-0.4, -0.2) is 78.0 Å². The second kappa shape index (κ2) is 9.99. The van der Waals surface area contributed by atoms with Gasteiger partial charge in [0.05, 0.1) is 21.6 Å². The molecule has 166 valence electrons. The predicted octanol–water partition coefficient (Wildman–Crippen LogP) is 1.84. The Balaban J connectivity index is 1.22. The fourth-order valence-electron chi connectivity index (χ4n) is 4.32. The van der Waals surface area contributed by atoms with Crippen LogP contribution in [0.5, 0.6) is 5.75 Å². The number of nitrogens with two attached hydrogens (primary N) is 1. The number of hydrogen-bond donors (Lipinski definition) is 2. The van der Waals surface area contributed by atoms with E-state index in [0.717, 1.165) is 60.2 Å². The van der Waals surface area contributed by atoms with Crippen molar-refractivity contribution >= 4 is 51.4 Å². The van der Waals surface area contributed by atoms with Crippen molar-refractivity contribution < 1.29 is 14.7 Å². The maximum absolute atomic E-state index is 13.0. The number of likely N-dealkylation sites (tertiary alicyclic amines) is 2. The molecule has 0 radical (unpaired) electrons. The number of ether oxygens (including phenoxy) is 1. The zero-order valence-electron chi connectivity index (χ0n) is 17.2. The average Bonchev–Trinajstić information content (AvgIpc) is 3.34. The van der Waals surface area contributed by atoms with Crippen molar-refractivity contribution in [1.29, 1.82) is 0 Å². The van der Waals surface area contributed by atoms with Crippen LogP contribution in [0.2, 0.25) is 0 Å². The number of thiophene rings is 1. The van der Waals surface area contributed by atoms with Crippen LogP contribution < -0.4 is 15.1 Å². The molecule has 1 amide bonds. The van der Waals surface area contributed by atoms with E-state index in [2.05, 4.69) is 30.7 Å². The van der Waals surface area contributed by atoms with E-state index >= 15 is 0 Å². The van der Waals surface area contributed by atoms with Crippen LogP contribution >= 0.6 is 27.3 Å². The zero-order valence-corrected chi connectivity index (χ0v) is 19.6. The van der Waals surface area contributed by atoms with Crippen molar-refractivity contribution in [3.63, 3.8) is 0 Å². The van der Waals surface area contributed by atoms with Crippen molar-refractivity contribution in [2.45, 2.75) is 31.8 Å². The van der Waals surface area contributed by atoms with E-state index in [-0.39, 0.29) is 17.9 Å². The quantitative estimate of drug-likeness (QED) is 0.264. The first-order valence-corrected chi connectivity index (χ1v) is 12.2. The summed E-state index contributed by atoms with van der Waals surface area (Å²) in [6.45, 7) is 4.11. The van der Waals surface area contributed by atoms with E-state index in [1.54, 1.807) is 0 Å². The van der Waals surface area contributed by atoms with Crippen LogP contribution in [0.1, 0.15) is 30.6 Å². The van der Waals surface area contributed by atoms with Gasteiger partial charge in [-0.3, -0.25) is 15.4 Å². The molecule has 0 aliphatic carbocycles. The summed E-state index contributed by atoms with van der Waals surface area (Å²) in [4.78, 5) is 18.2. The molecule has 3 aliphatic heterocycles. The Labute approximate surface area is 193 Å². The summed E-state index contributed by atoms with van der Waals surface area (Å²) in [5, 5.41) is 13.8. The maximum Gasteiger partial charge on any atom is 0.366 e. The minimum Gasteiger partial charge on any atom is -0.488 e. The summed E-state index contributed by atoms with van der Waals surface area (Å²) >= 11 is 4.95. The Morgan fingerprint density at radius 1 is 1.32 bits per heavy atom. The van der Waals surface area contributed by atoms with Gasteiger partial charge in [-0.1, -0.05) is 5.16 Å². The molecule has 10 heteroatoms. The highest BCUT2D eigenvalue weighted by Crippen LogP contribution is 2.36. The molecule has 0 saturated carbocycles. The minimum absolute atomic E-state index is 0.0493. The lowest BCUT2D eigenvalue weighted by atomic mass is 9.94. The normalized spacial score (nSPS) is 21.0. The highest BCUT2D eigenvalue weighted by molar-refractivity contribution is 9.10. The van der Waals surface area contributed by atoms with Crippen LogP contribution in [0.25, 0.3) is 0 Å².